The Balaban J connectivity index is 1.38. The van der Waals surface area contributed by atoms with Crippen LogP contribution in [0.5, 0.6) is 5.75 Å². The van der Waals surface area contributed by atoms with Gasteiger partial charge in [0.1, 0.15) is 17.8 Å². The molecule has 3 atom stereocenters. The number of hydrogen-bond donors (Lipinski definition) is 2. The van der Waals surface area contributed by atoms with Crippen molar-refractivity contribution < 1.29 is 24.3 Å². The Morgan fingerprint density at radius 1 is 0.947 bits per heavy atom. The van der Waals surface area contributed by atoms with Crippen molar-refractivity contribution in [1.82, 2.24) is 15.1 Å². The summed E-state index contributed by atoms with van der Waals surface area (Å²) in [5, 5.41) is 12.5. The van der Waals surface area contributed by atoms with Gasteiger partial charge in [-0.05, 0) is 54.4 Å². The minimum Gasteiger partial charge on any atom is -0.508 e. The van der Waals surface area contributed by atoms with Gasteiger partial charge in [0.25, 0.3) is 11.8 Å². The number of carbonyl (C=O) groups is 4. The molecule has 0 aromatic heterocycles. The number of phenolic OH excluding ortho intramolecular Hbond substituents is 1. The van der Waals surface area contributed by atoms with Crippen LogP contribution in [0.25, 0.3) is 0 Å². The van der Waals surface area contributed by atoms with Crippen LogP contribution in [0.1, 0.15) is 32.7 Å². The fourth-order valence-electron chi connectivity index (χ4n) is 5.22. The van der Waals surface area contributed by atoms with E-state index in [9.17, 15) is 24.3 Å². The first-order chi connectivity index (χ1) is 18.3. The van der Waals surface area contributed by atoms with Gasteiger partial charge in [-0.3, -0.25) is 19.2 Å². The van der Waals surface area contributed by atoms with Crippen molar-refractivity contribution in [2.45, 2.75) is 31.0 Å². The lowest BCUT2D eigenvalue weighted by molar-refractivity contribution is -0.138. The molecule has 0 bridgehead atoms. The van der Waals surface area contributed by atoms with Crippen LogP contribution < -0.4 is 5.32 Å². The molecule has 2 fully saturated rings. The predicted molar refractivity (Wildman–Crippen MR) is 144 cm³/mol. The molecule has 38 heavy (non-hydrogen) atoms. The smallest absolute Gasteiger partial charge is 0.254 e. The number of rotatable bonds is 6. The fraction of sp³-hybridized carbons (Fsp3) is 0.241. The molecule has 9 heteroatoms. The summed E-state index contributed by atoms with van der Waals surface area (Å²) in [5.74, 6) is -1.12. The topological polar surface area (TPSA) is 107 Å². The van der Waals surface area contributed by atoms with Crippen LogP contribution >= 0.6 is 15.9 Å². The number of hydrogen-bond acceptors (Lipinski definition) is 5. The summed E-state index contributed by atoms with van der Waals surface area (Å²) in [6, 6.07) is 20.0. The van der Waals surface area contributed by atoms with E-state index in [4.69, 9.17) is 0 Å². The van der Waals surface area contributed by atoms with Gasteiger partial charge in [0, 0.05) is 28.6 Å². The number of likely N-dealkylation sites (tertiary alicyclic amines) is 2. The first-order valence-electron chi connectivity index (χ1n) is 12.4. The Bertz CT molecular complexity index is 1380. The number of halogens is 1. The highest BCUT2D eigenvalue weighted by Gasteiger charge is 2.52. The molecule has 3 aromatic carbocycles. The summed E-state index contributed by atoms with van der Waals surface area (Å²) in [6.07, 6.45) is 0.653. The van der Waals surface area contributed by atoms with Crippen LogP contribution in [0.3, 0.4) is 0 Å². The van der Waals surface area contributed by atoms with E-state index >= 15 is 0 Å². The Kier molecular flexibility index (Phi) is 7.28. The van der Waals surface area contributed by atoms with E-state index in [0.717, 1.165) is 10.0 Å². The van der Waals surface area contributed by atoms with Crippen LogP contribution in [0.15, 0.2) is 83.3 Å². The molecule has 0 saturated carbocycles. The summed E-state index contributed by atoms with van der Waals surface area (Å²) in [5.41, 5.74) is 1.63. The second-order valence-corrected chi connectivity index (χ2v) is 10.4. The molecule has 194 valence electrons. The van der Waals surface area contributed by atoms with Gasteiger partial charge in [0.2, 0.25) is 5.91 Å². The largest absolute Gasteiger partial charge is 0.508 e. The minimum absolute atomic E-state index is 0.0557. The second-order valence-electron chi connectivity index (χ2n) is 9.50. The Labute approximate surface area is 228 Å². The average molecular weight is 576 g/mol. The number of ketones is 1. The Morgan fingerprint density at radius 3 is 2.37 bits per heavy atom. The molecule has 0 unspecified atom stereocenters. The molecule has 3 amide bonds. The molecule has 2 saturated heterocycles. The molecule has 0 spiro atoms. The Hall–Kier alpha value is -3.98. The van der Waals surface area contributed by atoms with E-state index in [0.29, 0.717) is 24.1 Å². The number of amides is 3. The van der Waals surface area contributed by atoms with Crippen LogP contribution in [-0.4, -0.2) is 69.6 Å². The van der Waals surface area contributed by atoms with E-state index in [1.807, 2.05) is 6.07 Å². The molecule has 5 rings (SSSR count). The number of phenols is 1. The van der Waals surface area contributed by atoms with E-state index in [-0.39, 0.29) is 36.3 Å². The number of aromatic hydroxyl groups is 1. The first kappa shape index (κ1) is 25.7. The van der Waals surface area contributed by atoms with Crippen molar-refractivity contribution in [3.8, 4) is 5.75 Å². The molecule has 2 aliphatic heterocycles. The van der Waals surface area contributed by atoms with Gasteiger partial charge in [0.15, 0.2) is 5.78 Å². The number of Topliss-reactive ketones (excluding diaryl/α,β-unsaturated/α-hetero) is 1. The van der Waals surface area contributed by atoms with Crippen LogP contribution in [-0.2, 0) is 16.0 Å². The third-order valence-corrected chi connectivity index (χ3v) is 7.55. The summed E-state index contributed by atoms with van der Waals surface area (Å²) in [7, 11) is 0. The standard InChI is InChI=1S/C29H26BrN3O5/c30-21-8-4-7-20(16-21)27(36)31-23(15-18-9-11-22(34)12-10-18)29(38)32-14-13-24-26(32)25(35)17-33(24)28(37)19-5-2-1-3-6-19/h1-12,16,23-24,26,34H,13-15,17H2,(H,31,36)/t23-,24+,26-/m0/s1. The maximum absolute atomic E-state index is 13.9. The normalized spacial score (nSPS) is 19.2. The molecule has 2 aliphatic rings. The van der Waals surface area contributed by atoms with E-state index in [2.05, 4.69) is 21.2 Å². The van der Waals surface area contributed by atoms with Gasteiger partial charge >= 0.3 is 0 Å². The van der Waals surface area contributed by atoms with Gasteiger partial charge < -0.3 is 20.2 Å². The number of fused-ring (bicyclic) bond motifs is 1. The van der Waals surface area contributed by atoms with Crippen molar-refractivity contribution >= 4 is 39.4 Å². The fourth-order valence-corrected chi connectivity index (χ4v) is 5.62. The molecular formula is C29H26BrN3O5. The van der Waals surface area contributed by atoms with Crippen LogP contribution in [0.4, 0.5) is 0 Å². The van der Waals surface area contributed by atoms with E-state index in [1.54, 1.807) is 65.6 Å². The van der Waals surface area contributed by atoms with Crippen molar-refractivity contribution in [3.05, 3.63) is 100 Å². The summed E-state index contributed by atoms with van der Waals surface area (Å²) >= 11 is 3.36. The van der Waals surface area contributed by atoms with Gasteiger partial charge in [-0.1, -0.05) is 52.3 Å². The zero-order valence-electron chi connectivity index (χ0n) is 20.4. The summed E-state index contributed by atoms with van der Waals surface area (Å²) < 4.78 is 0.730. The molecule has 2 heterocycles. The second kappa shape index (κ2) is 10.8. The van der Waals surface area contributed by atoms with Gasteiger partial charge in [-0.25, -0.2) is 0 Å². The van der Waals surface area contributed by atoms with Crippen molar-refractivity contribution in [2.75, 3.05) is 13.1 Å². The molecule has 2 N–H and O–H groups in total. The maximum Gasteiger partial charge on any atom is 0.254 e. The lowest BCUT2D eigenvalue weighted by Gasteiger charge is -2.28. The molecule has 0 aliphatic carbocycles. The van der Waals surface area contributed by atoms with Gasteiger partial charge in [-0.2, -0.15) is 0 Å². The lowest BCUT2D eigenvalue weighted by atomic mass is 10.0. The highest BCUT2D eigenvalue weighted by molar-refractivity contribution is 9.10. The summed E-state index contributed by atoms with van der Waals surface area (Å²) in [4.78, 5) is 56.3. The zero-order valence-corrected chi connectivity index (χ0v) is 22.0. The van der Waals surface area contributed by atoms with Crippen molar-refractivity contribution in [1.29, 1.82) is 0 Å². The average Bonchev–Trinajstić information content (AvgIpc) is 3.50. The number of nitrogens with one attached hydrogen (secondary N) is 1. The number of carbonyl (C=O) groups excluding carboxylic acids is 4. The summed E-state index contributed by atoms with van der Waals surface area (Å²) in [6.45, 7) is 0.247. The van der Waals surface area contributed by atoms with Gasteiger partial charge in [0.05, 0.1) is 12.6 Å². The highest BCUT2D eigenvalue weighted by Crippen LogP contribution is 2.31. The number of nitrogens with zero attached hydrogens (tertiary/aromatic N) is 2. The highest BCUT2D eigenvalue weighted by atomic mass is 79.9. The van der Waals surface area contributed by atoms with Crippen molar-refractivity contribution in [3.63, 3.8) is 0 Å². The van der Waals surface area contributed by atoms with Gasteiger partial charge in [-0.15, -0.1) is 0 Å². The van der Waals surface area contributed by atoms with Crippen LogP contribution in [0.2, 0.25) is 0 Å². The quantitative estimate of drug-likeness (QED) is 0.469. The monoisotopic (exact) mass is 575 g/mol. The molecule has 3 aromatic rings. The minimum atomic E-state index is -0.948. The number of benzene rings is 3. The molecule has 0 radical (unpaired) electrons. The van der Waals surface area contributed by atoms with Crippen LogP contribution in [0, 0.1) is 0 Å². The SMILES string of the molecule is O=C(N[C@@H](Cc1ccc(O)cc1)C(=O)N1CC[C@@H]2[C@H]1C(=O)CN2C(=O)c1ccccc1)c1cccc(Br)c1. The van der Waals surface area contributed by atoms with Crippen molar-refractivity contribution in [2.24, 2.45) is 0 Å². The lowest BCUT2D eigenvalue weighted by Crippen LogP contribution is -2.53. The maximum atomic E-state index is 13.9. The molecule has 8 nitrogen and oxygen atoms in total. The first-order valence-corrected chi connectivity index (χ1v) is 13.1. The zero-order chi connectivity index (χ0) is 26.8. The molecular weight excluding hydrogens is 550 g/mol. The third kappa shape index (κ3) is 5.19. The van der Waals surface area contributed by atoms with E-state index < -0.39 is 24.0 Å². The van der Waals surface area contributed by atoms with E-state index in [1.165, 1.54) is 17.0 Å². The predicted octanol–water partition coefficient (Wildman–Crippen LogP) is 3.19. The third-order valence-electron chi connectivity index (χ3n) is 7.05. The Morgan fingerprint density at radius 2 is 1.66 bits per heavy atom.